The molecule has 0 saturated heterocycles. The van der Waals surface area contributed by atoms with Gasteiger partial charge in [-0.15, -0.1) is 11.3 Å². The number of hydrogen-bond acceptors (Lipinski definition) is 1. The first-order valence-electron chi connectivity index (χ1n) is 3.62. The monoisotopic (exact) mass is 164 g/mol. The number of hydrogen-bond donors (Lipinski definition) is 0. The van der Waals surface area contributed by atoms with Crippen molar-refractivity contribution in [2.24, 2.45) is 0 Å². The minimum atomic E-state index is 1.26. The van der Waals surface area contributed by atoms with Crippen LogP contribution in [0.2, 0.25) is 0 Å². The summed E-state index contributed by atoms with van der Waals surface area (Å²) in [5.74, 6) is 0. The van der Waals surface area contributed by atoms with E-state index >= 15 is 0 Å². The van der Waals surface area contributed by atoms with Crippen molar-refractivity contribution in [2.45, 2.75) is 13.8 Å². The Balaban J connectivity index is 3.17. The molecule has 1 heteroatoms. The van der Waals surface area contributed by atoms with Gasteiger partial charge in [0.2, 0.25) is 0 Å². The van der Waals surface area contributed by atoms with Crippen LogP contribution in [0.3, 0.4) is 0 Å². The predicted octanol–water partition coefficient (Wildman–Crippen LogP) is 3.73. The van der Waals surface area contributed by atoms with Crippen LogP contribution in [0.15, 0.2) is 18.0 Å². The summed E-state index contributed by atoms with van der Waals surface area (Å²) in [6.45, 7) is 7.92. The molecule has 0 amide bonds. The third-order valence-corrected chi connectivity index (χ3v) is 2.68. The molecule has 1 aromatic rings. The molecule has 0 fully saturated rings. The van der Waals surface area contributed by atoms with Crippen LogP contribution in [-0.2, 0) is 0 Å². The molecule has 1 rings (SSSR count). The second-order valence-electron chi connectivity index (χ2n) is 2.40. The maximum Gasteiger partial charge on any atom is 0.0339 e. The fourth-order valence-corrected chi connectivity index (χ4v) is 1.89. The van der Waals surface area contributed by atoms with E-state index in [1.54, 1.807) is 11.3 Å². The van der Waals surface area contributed by atoms with Gasteiger partial charge in [-0.3, -0.25) is 0 Å². The first-order chi connectivity index (χ1) is 5.29. The predicted molar refractivity (Wildman–Crippen MR) is 53.9 cm³/mol. The maximum atomic E-state index is 3.76. The van der Waals surface area contributed by atoms with Gasteiger partial charge in [-0.2, -0.15) is 0 Å². The zero-order valence-electron chi connectivity index (χ0n) is 6.92. The second kappa shape index (κ2) is 3.54. The maximum absolute atomic E-state index is 3.76. The first-order valence-corrected chi connectivity index (χ1v) is 4.50. The lowest BCUT2D eigenvalue weighted by atomic mass is 10.1. The Hall–Kier alpha value is -0.820. The van der Waals surface area contributed by atoms with Crippen LogP contribution in [0.4, 0.5) is 0 Å². The summed E-state index contributed by atoms with van der Waals surface area (Å²) in [5, 5.41) is 2.16. The van der Waals surface area contributed by atoms with Crippen LogP contribution < -0.4 is 0 Å². The van der Waals surface area contributed by atoms with Crippen molar-refractivity contribution in [3.63, 3.8) is 0 Å². The summed E-state index contributed by atoms with van der Waals surface area (Å²) in [6.07, 6.45) is 6.10. The Morgan fingerprint density at radius 2 is 2.27 bits per heavy atom. The molecular weight excluding hydrogens is 152 g/mol. The van der Waals surface area contributed by atoms with Crippen LogP contribution in [0.5, 0.6) is 0 Å². The highest BCUT2D eigenvalue weighted by molar-refractivity contribution is 7.11. The van der Waals surface area contributed by atoms with E-state index in [0.717, 1.165) is 0 Å². The number of allylic oxidation sites excluding steroid dienone is 1. The van der Waals surface area contributed by atoms with Crippen molar-refractivity contribution in [1.29, 1.82) is 0 Å². The minimum Gasteiger partial charge on any atom is -0.144 e. The molecule has 0 saturated carbocycles. The highest BCUT2D eigenvalue weighted by Gasteiger charge is 2.00. The summed E-state index contributed by atoms with van der Waals surface area (Å²) in [4.78, 5) is 1.26. The fraction of sp³-hybridized carbons (Fsp3) is 0.200. The van der Waals surface area contributed by atoms with Crippen LogP contribution in [0.25, 0.3) is 12.2 Å². The van der Waals surface area contributed by atoms with Crippen molar-refractivity contribution >= 4 is 23.5 Å². The smallest absolute Gasteiger partial charge is 0.0339 e. The molecule has 0 aliphatic rings. The average molecular weight is 164 g/mol. The summed E-state index contributed by atoms with van der Waals surface area (Å²) in [6, 6.07) is 0. The van der Waals surface area contributed by atoms with Crippen LogP contribution in [0, 0.1) is 6.92 Å². The lowest BCUT2D eigenvalue weighted by molar-refractivity contribution is 1.51. The summed E-state index contributed by atoms with van der Waals surface area (Å²) in [5.41, 5.74) is 2.65. The first kappa shape index (κ1) is 8.28. The normalized spacial score (nSPS) is 10.7. The molecule has 1 aromatic heterocycles. The SMILES string of the molecule is C=Cc1scc(C)c1/C=C\C. The van der Waals surface area contributed by atoms with Gasteiger partial charge in [-0.25, -0.2) is 0 Å². The van der Waals surface area contributed by atoms with Gasteiger partial charge in [-0.05, 0) is 30.4 Å². The van der Waals surface area contributed by atoms with E-state index in [9.17, 15) is 0 Å². The van der Waals surface area contributed by atoms with Crippen LogP contribution >= 0.6 is 11.3 Å². The van der Waals surface area contributed by atoms with Gasteiger partial charge in [0.1, 0.15) is 0 Å². The zero-order chi connectivity index (χ0) is 8.27. The Labute approximate surface area is 71.9 Å². The Kier molecular flexibility index (Phi) is 2.66. The van der Waals surface area contributed by atoms with Crippen LogP contribution in [0.1, 0.15) is 22.9 Å². The van der Waals surface area contributed by atoms with Crippen molar-refractivity contribution in [3.05, 3.63) is 34.0 Å². The average Bonchev–Trinajstić information content (AvgIpc) is 2.34. The largest absolute Gasteiger partial charge is 0.144 e. The lowest BCUT2D eigenvalue weighted by Gasteiger charge is -1.91. The molecule has 0 N–H and O–H groups in total. The Morgan fingerprint density at radius 3 is 2.82 bits per heavy atom. The van der Waals surface area contributed by atoms with E-state index in [1.807, 2.05) is 13.0 Å². The van der Waals surface area contributed by atoms with E-state index < -0.39 is 0 Å². The van der Waals surface area contributed by atoms with E-state index in [0.29, 0.717) is 0 Å². The highest BCUT2D eigenvalue weighted by atomic mass is 32.1. The third-order valence-electron chi connectivity index (χ3n) is 1.57. The van der Waals surface area contributed by atoms with E-state index in [-0.39, 0.29) is 0 Å². The molecule has 0 nitrogen and oxygen atoms in total. The van der Waals surface area contributed by atoms with Gasteiger partial charge >= 0.3 is 0 Å². The highest BCUT2D eigenvalue weighted by Crippen LogP contribution is 2.24. The Bertz CT molecular complexity index is 279. The van der Waals surface area contributed by atoms with Crippen LogP contribution in [-0.4, -0.2) is 0 Å². The van der Waals surface area contributed by atoms with E-state index in [4.69, 9.17) is 0 Å². The van der Waals surface area contributed by atoms with Gasteiger partial charge in [0, 0.05) is 4.88 Å². The molecule has 0 unspecified atom stereocenters. The molecule has 11 heavy (non-hydrogen) atoms. The molecule has 0 atom stereocenters. The zero-order valence-corrected chi connectivity index (χ0v) is 7.74. The fourth-order valence-electron chi connectivity index (χ4n) is 1.01. The summed E-state index contributed by atoms with van der Waals surface area (Å²) >= 11 is 1.75. The van der Waals surface area contributed by atoms with Crippen molar-refractivity contribution in [1.82, 2.24) is 0 Å². The van der Waals surface area contributed by atoms with Crippen molar-refractivity contribution < 1.29 is 0 Å². The molecule has 0 radical (unpaired) electrons. The lowest BCUT2D eigenvalue weighted by Crippen LogP contribution is -1.73. The van der Waals surface area contributed by atoms with Gasteiger partial charge in [0.05, 0.1) is 0 Å². The van der Waals surface area contributed by atoms with Gasteiger partial charge in [0.15, 0.2) is 0 Å². The molecule has 0 bridgehead atoms. The third kappa shape index (κ3) is 1.60. The van der Waals surface area contributed by atoms with Gasteiger partial charge < -0.3 is 0 Å². The molecule has 0 aromatic carbocycles. The van der Waals surface area contributed by atoms with Crippen molar-refractivity contribution in [2.75, 3.05) is 0 Å². The Morgan fingerprint density at radius 1 is 1.55 bits per heavy atom. The summed E-state index contributed by atoms with van der Waals surface area (Å²) in [7, 11) is 0. The molecular formula is C10H12S. The number of rotatable bonds is 2. The number of thiophene rings is 1. The van der Waals surface area contributed by atoms with E-state index in [2.05, 4.69) is 31.0 Å². The number of aryl methyl sites for hydroxylation is 1. The molecule has 0 aliphatic carbocycles. The summed E-state index contributed by atoms with van der Waals surface area (Å²) < 4.78 is 0. The van der Waals surface area contributed by atoms with Gasteiger partial charge in [0.25, 0.3) is 0 Å². The molecule has 1 heterocycles. The standard InChI is InChI=1S/C10H12S/c1-4-6-9-8(3)7-11-10(9)5-2/h4-7H,2H2,1,3H3/b6-4-. The molecule has 0 spiro atoms. The van der Waals surface area contributed by atoms with Gasteiger partial charge in [-0.1, -0.05) is 24.8 Å². The quantitative estimate of drug-likeness (QED) is 0.624. The molecule has 58 valence electrons. The topological polar surface area (TPSA) is 0 Å². The minimum absolute atomic E-state index is 1.26. The second-order valence-corrected chi connectivity index (χ2v) is 3.31. The van der Waals surface area contributed by atoms with Crippen molar-refractivity contribution in [3.8, 4) is 0 Å². The molecule has 0 aliphatic heterocycles. The van der Waals surface area contributed by atoms with E-state index in [1.165, 1.54) is 16.0 Å².